The van der Waals surface area contributed by atoms with Crippen LogP contribution < -0.4 is 10.5 Å². The van der Waals surface area contributed by atoms with E-state index in [4.69, 9.17) is 10.5 Å². The molecule has 12 heavy (non-hydrogen) atoms. The molecule has 0 aliphatic heterocycles. The molecule has 1 aromatic rings. The molecule has 0 aromatic carbocycles. The summed E-state index contributed by atoms with van der Waals surface area (Å²) >= 11 is 0. The number of aromatic nitrogens is 2. The van der Waals surface area contributed by atoms with E-state index in [-0.39, 0.29) is 0 Å². The number of ether oxygens (including phenoxy) is 1. The highest BCUT2D eigenvalue weighted by molar-refractivity contribution is 5.43. The molecule has 0 bridgehead atoms. The summed E-state index contributed by atoms with van der Waals surface area (Å²) in [5, 5.41) is 7.33. The molecule has 4 nitrogen and oxygen atoms in total. The van der Waals surface area contributed by atoms with Crippen molar-refractivity contribution in [3.05, 3.63) is 12.3 Å². The van der Waals surface area contributed by atoms with Crippen molar-refractivity contribution in [1.82, 2.24) is 10.2 Å². The van der Waals surface area contributed by atoms with Gasteiger partial charge in [-0.1, -0.05) is 0 Å². The summed E-state index contributed by atoms with van der Waals surface area (Å²) in [5.74, 6) is 1.04. The molecule has 0 amide bonds. The molecule has 4 heteroatoms. The lowest BCUT2D eigenvalue weighted by atomic mass is 9.96. The van der Waals surface area contributed by atoms with Gasteiger partial charge in [0, 0.05) is 6.07 Å². The van der Waals surface area contributed by atoms with E-state index >= 15 is 0 Å². The average Bonchev–Trinajstić information content (AvgIpc) is 2.00. The van der Waals surface area contributed by atoms with E-state index in [2.05, 4.69) is 10.2 Å². The highest BCUT2D eigenvalue weighted by Crippen LogP contribution is 2.26. The second-order valence-electron chi connectivity index (χ2n) is 2.95. The van der Waals surface area contributed by atoms with Gasteiger partial charge in [-0.15, -0.1) is 5.10 Å². The second kappa shape index (κ2) is 2.97. The first-order valence-corrected chi connectivity index (χ1v) is 4.10. The van der Waals surface area contributed by atoms with Gasteiger partial charge in [-0.05, 0) is 19.3 Å². The second-order valence-corrected chi connectivity index (χ2v) is 2.95. The summed E-state index contributed by atoms with van der Waals surface area (Å²) in [4.78, 5) is 0. The van der Waals surface area contributed by atoms with Crippen LogP contribution in [0.2, 0.25) is 0 Å². The van der Waals surface area contributed by atoms with E-state index in [1.165, 1.54) is 6.42 Å². The Balaban J connectivity index is 2.06. The molecule has 0 atom stereocenters. The van der Waals surface area contributed by atoms with Gasteiger partial charge in [0.05, 0.1) is 12.3 Å². The molecule has 0 radical (unpaired) electrons. The normalized spacial score (nSPS) is 17.0. The van der Waals surface area contributed by atoms with Crippen molar-refractivity contribution < 1.29 is 4.74 Å². The van der Waals surface area contributed by atoms with Crippen molar-refractivity contribution in [1.29, 1.82) is 0 Å². The monoisotopic (exact) mass is 165 g/mol. The molecule has 0 spiro atoms. The van der Waals surface area contributed by atoms with Crippen molar-refractivity contribution in [2.75, 3.05) is 5.73 Å². The number of anilines is 1. The predicted molar refractivity (Wildman–Crippen MR) is 44.7 cm³/mol. The fraction of sp³-hybridized carbons (Fsp3) is 0.500. The minimum absolute atomic E-state index is 0.344. The van der Waals surface area contributed by atoms with Gasteiger partial charge < -0.3 is 10.5 Å². The fourth-order valence-electron chi connectivity index (χ4n) is 1.10. The lowest BCUT2D eigenvalue weighted by Crippen LogP contribution is -2.25. The molecule has 1 aliphatic rings. The number of hydrogen-bond donors (Lipinski definition) is 1. The smallest absolute Gasteiger partial charge is 0.188 e. The SMILES string of the molecule is Nc1nnccc1OC1CCC1. The van der Waals surface area contributed by atoms with Crippen LogP contribution >= 0.6 is 0 Å². The van der Waals surface area contributed by atoms with E-state index in [1.807, 2.05) is 0 Å². The maximum Gasteiger partial charge on any atom is 0.188 e. The Morgan fingerprint density at radius 1 is 1.50 bits per heavy atom. The Bertz CT molecular complexity index is 273. The van der Waals surface area contributed by atoms with Crippen molar-refractivity contribution in [2.24, 2.45) is 0 Å². The van der Waals surface area contributed by atoms with Crippen LogP contribution in [0.5, 0.6) is 5.75 Å². The zero-order valence-electron chi connectivity index (χ0n) is 6.73. The highest BCUT2D eigenvalue weighted by Gasteiger charge is 2.19. The van der Waals surface area contributed by atoms with Crippen molar-refractivity contribution in [3.63, 3.8) is 0 Å². The fourth-order valence-corrected chi connectivity index (χ4v) is 1.10. The van der Waals surface area contributed by atoms with Gasteiger partial charge in [-0.3, -0.25) is 0 Å². The largest absolute Gasteiger partial charge is 0.486 e. The molecule has 64 valence electrons. The maximum absolute atomic E-state index is 5.55. The molecule has 2 N–H and O–H groups in total. The lowest BCUT2D eigenvalue weighted by molar-refractivity contribution is 0.120. The number of nitrogens with zero attached hydrogens (tertiary/aromatic N) is 2. The van der Waals surface area contributed by atoms with E-state index in [1.54, 1.807) is 12.3 Å². The number of rotatable bonds is 2. The van der Waals surface area contributed by atoms with Gasteiger partial charge in [0.15, 0.2) is 11.6 Å². The van der Waals surface area contributed by atoms with Crippen LogP contribution in [0.25, 0.3) is 0 Å². The molecule has 1 aliphatic carbocycles. The first-order chi connectivity index (χ1) is 5.86. The Hall–Kier alpha value is -1.32. The summed E-state index contributed by atoms with van der Waals surface area (Å²) in [6, 6.07) is 1.75. The van der Waals surface area contributed by atoms with Crippen LogP contribution in [-0.4, -0.2) is 16.3 Å². The molecule has 0 saturated heterocycles. The van der Waals surface area contributed by atoms with Crippen LogP contribution in [0.1, 0.15) is 19.3 Å². The average molecular weight is 165 g/mol. The Morgan fingerprint density at radius 2 is 2.33 bits per heavy atom. The number of nitrogens with two attached hydrogens (primary N) is 1. The Morgan fingerprint density at radius 3 is 2.92 bits per heavy atom. The molecule has 1 fully saturated rings. The lowest BCUT2D eigenvalue weighted by Gasteiger charge is -2.26. The van der Waals surface area contributed by atoms with Gasteiger partial charge in [-0.25, -0.2) is 0 Å². The quantitative estimate of drug-likeness (QED) is 0.709. The van der Waals surface area contributed by atoms with Crippen LogP contribution in [0.3, 0.4) is 0 Å². The van der Waals surface area contributed by atoms with Crippen molar-refractivity contribution in [3.8, 4) is 5.75 Å². The highest BCUT2D eigenvalue weighted by atomic mass is 16.5. The number of hydrogen-bond acceptors (Lipinski definition) is 4. The van der Waals surface area contributed by atoms with E-state index in [0.29, 0.717) is 17.7 Å². The van der Waals surface area contributed by atoms with Gasteiger partial charge in [0.2, 0.25) is 0 Å². The minimum Gasteiger partial charge on any atom is -0.486 e. The standard InChI is InChI=1S/C8H11N3O/c9-8-7(4-5-10-11-8)12-6-2-1-3-6/h4-6H,1-3H2,(H2,9,11). The number of nitrogen functional groups attached to an aromatic ring is 1. The minimum atomic E-state index is 0.344. The summed E-state index contributed by atoms with van der Waals surface area (Å²) in [6.45, 7) is 0. The molecule has 1 aromatic heterocycles. The molecular weight excluding hydrogens is 154 g/mol. The molecule has 2 rings (SSSR count). The first-order valence-electron chi connectivity index (χ1n) is 4.10. The zero-order valence-corrected chi connectivity index (χ0v) is 6.73. The first kappa shape index (κ1) is 7.34. The van der Waals surface area contributed by atoms with Crippen molar-refractivity contribution >= 4 is 5.82 Å². The third-order valence-corrected chi connectivity index (χ3v) is 2.06. The summed E-state index contributed by atoms with van der Waals surface area (Å²) in [7, 11) is 0. The summed E-state index contributed by atoms with van der Waals surface area (Å²) < 4.78 is 5.55. The Kier molecular flexibility index (Phi) is 1.81. The third kappa shape index (κ3) is 1.32. The van der Waals surface area contributed by atoms with E-state index in [0.717, 1.165) is 12.8 Å². The van der Waals surface area contributed by atoms with Crippen LogP contribution in [-0.2, 0) is 0 Å². The topological polar surface area (TPSA) is 61.0 Å². The van der Waals surface area contributed by atoms with Crippen molar-refractivity contribution in [2.45, 2.75) is 25.4 Å². The predicted octanol–water partition coefficient (Wildman–Crippen LogP) is 0.990. The van der Waals surface area contributed by atoms with Gasteiger partial charge in [0.1, 0.15) is 0 Å². The maximum atomic E-state index is 5.55. The molecule has 1 saturated carbocycles. The summed E-state index contributed by atoms with van der Waals surface area (Å²) in [6.07, 6.45) is 5.44. The van der Waals surface area contributed by atoms with Gasteiger partial charge in [-0.2, -0.15) is 5.10 Å². The Labute approximate surface area is 70.7 Å². The van der Waals surface area contributed by atoms with Crippen LogP contribution in [0, 0.1) is 0 Å². The van der Waals surface area contributed by atoms with Gasteiger partial charge >= 0.3 is 0 Å². The summed E-state index contributed by atoms with van der Waals surface area (Å²) in [5.41, 5.74) is 5.55. The van der Waals surface area contributed by atoms with Gasteiger partial charge in [0.25, 0.3) is 0 Å². The molecular formula is C8H11N3O. The zero-order chi connectivity index (χ0) is 8.39. The van der Waals surface area contributed by atoms with E-state index < -0.39 is 0 Å². The van der Waals surface area contributed by atoms with Crippen LogP contribution in [0.15, 0.2) is 12.3 Å². The molecule has 1 heterocycles. The third-order valence-electron chi connectivity index (χ3n) is 2.06. The van der Waals surface area contributed by atoms with Crippen LogP contribution in [0.4, 0.5) is 5.82 Å². The molecule has 0 unspecified atom stereocenters. The van der Waals surface area contributed by atoms with E-state index in [9.17, 15) is 0 Å².